The third-order valence-corrected chi connectivity index (χ3v) is 4.93. The van der Waals surface area contributed by atoms with Gasteiger partial charge in [-0.15, -0.1) is 0 Å². The van der Waals surface area contributed by atoms with E-state index >= 15 is 0 Å². The van der Waals surface area contributed by atoms with E-state index in [1.807, 2.05) is 19.9 Å². The van der Waals surface area contributed by atoms with Gasteiger partial charge in [0.15, 0.2) is 0 Å². The molecule has 0 fully saturated rings. The van der Waals surface area contributed by atoms with Crippen LogP contribution < -0.4 is 0 Å². The Balaban J connectivity index is 1.65. The van der Waals surface area contributed by atoms with Crippen LogP contribution in [-0.4, -0.2) is 32.6 Å². The maximum Gasteiger partial charge on any atom is 0.227 e. The van der Waals surface area contributed by atoms with Crippen LogP contribution in [0.4, 0.5) is 4.39 Å². The lowest BCUT2D eigenvalue weighted by Crippen LogP contribution is -2.33. The monoisotopic (exact) mass is 397 g/mol. The topological polar surface area (TPSA) is 79.5 Å². The Labute approximate surface area is 169 Å². The summed E-state index contributed by atoms with van der Waals surface area (Å²) in [6, 6.07) is 11.5. The molecular formula is C22H24FN3O3. The van der Waals surface area contributed by atoms with Crippen molar-refractivity contribution in [2.24, 2.45) is 0 Å². The number of hydrogen-bond acceptors (Lipinski definition) is 5. The molecule has 29 heavy (non-hydrogen) atoms. The van der Waals surface area contributed by atoms with E-state index in [0.29, 0.717) is 35.8 Å². The number of hydrogen-bond donors (Lipinski definition) is 1. The van der Waals surface area contributed by atoms with Gasteiger partial charge in [-0.25, -0.2) is 4.39 Å². The number of aromatic nitrogens is 2. The van der Waals surface area contributed by atoms with E-state index in [2.05, 4.69) is 10.1 Å². The Bertz CT molecular complexity index is 1000. The first-order valence-corrected chi connectivity index (χ1v) is 9.56. The summed E-state index contributed by atoms with van der Waals surface area (Å²) in [7, 11) is 0. The number of aryl methyl sites for hydroxylation is 2. The first kappa shape index (κ1) is 20.5. The number of carbonyl (C=O) groups is 1. The summed E-state index contributed by atoms with van der Waals surface area (Å²) < 4.78 is 19.0. The molecule has 2 aromatic carbocycles. The summed E-state index contributed by atoms with van der Waals surface area (Å²) in [5.41, 5.74) is 1.94. The third kappa shape index (κ3) is 4.80. The second kappa shape index (κ2) is 8.86. The molecule has 0 saturated heterocycles. The number of phenolic OH excluding ortho intramolecular Hbond substituents is 1. The van der Waals surface area contributed by atoms with E-state index < -0.39 is 0 Å². The Kier molecular flexibility index (Phi) is 6.26. The Morgan fingerprint density at radius 2 is 2.07 bits per heavy atom. The molecule has 1 heterocycles. The predicted octanol–water partition coefficient (Wildman–Crippen LogP) is 4.43. The zero-order valence-corrected chi connectivity index (χ0v) is 16.7. The highest BCUT2D eigenvalue weighted by Gasteiger charge is 2.21. The van der Waals surface area contributed by atoms with Crippen molar-refractivity contribution in [3.05, 3.63) is 65.3 Å². The summed E-state index contributed by atoms with van der Waals surface area (Å²) in [4.78, 5) is 18.7. The van der Waals surface area contributed by atoms with Crippen molar-refractivity contribution in [3.8, 4) is 17.1 Å². The number of nitrogens with zero attached hydrogens (tertiary/aromatic N) is 3. The van der Waals surface area contributed by atoms with E-state index in [-0.39, 0.29) is 29.9 Å². The van der Waals surface area contributed by atoms with Gasteiger partial charge in [0, 0.05) is 24.9 Å². The van der Waals surface area contributed by atoms with Crippen molar-refractivity contribution < 1.29 is 18.8 Å². The Hall–Kier alpha value is -3.22. The lowest BCUT2D eigenvalue weighted by molar-refractivity contribution is -0.133. The zero-order chi connectivity index (χ0) is 21.0. The smallest absolute Gasteiger partial charge is 0.227 e. The minimum atomic E-state index is -0.330. The van der Waals surface area contributed by atoms with E-state index in [1.165, 1.54) is 6.07 Å². The second-order valence-corrected chi connectivity index (χ2v) is 6.93. The van der Waals surface area contributed by atoms with E-state index in [1.54, 1.807) is 42.2 Å². The standard InChI is InChI=1S/C22H24FN3O3/c1-4-26(15(3)16-6-5-7-18(27)12-16)21(28)11-10-20-24-22(25-29-20)17-9-8-14(2)19(23)13-17/h5-9,12-13,15,27H,4,10-11H2,1-3H3. The van der Waals surface area contributed by atoms with Crippen molar-refractivity contribution in [2.45, 2.75) is 39.7 Å². The van der Waals surface area contributed by atoms with Crippen molar-refractivity contribution in [1.82, 2.24) is 15.0 Å². The summed E-state index contributed by atoms with van der Waals surface area (Å²) in [6.07, 6.45) is 0.504. The lowest BCUT2D eigenvalue weighted by Gasteiger charge is -2.28. The molecule has 0 spiro atoms. The molecule has 7 heteroatoms. The maximum atomic E-state index is 13.7. The van der Waals surface area contributed by atoms with Crippen molar-refractivity contribution in [3.63, 3.8) is 0 Å². The van der Waals surface area contributed by atoms with Crippen LogP contribution in [0.3, 0.4) is 0 Å². The molecule has 0 aliphatic rings. The Morgan fingerprint density at radius 3 is 2.76 bits per heavy atom. The van der Waals surface area contributed by atoms with Gasteiger partial charge in [0.1, 0.15) is 11.6 Å². The highest BCUT2D eigenvalue weighted by atomic mass is 19.1. The average Bonchev–Trinajstić information content (AvgIpc) is 3.18. The molecule has 3 rings (SSSR count). The fourth-order valence-corrected chi connectivity index (χ4v) is 3.19. The summed E-state index contributed by atoms with van der Waals surface area (Å²) in [6.45, 7) is 6.05. The molecule has 3 aromatic rings. The van der Waals surface area contributed by atoms with Gasteiger partial charge in [0.05, 0.1) is 6.04 Å². The lowest BCUT2D eigenvalue weighted by atomic mass is 10.1. The molecule has 1 unspecified atom stereocenters. The first-order chi connectivity index (χ1) is 13.9. The molecule has 152 valence electrons. The summed E-state index contributed by atoms with van der Waals surface area (Å²) >= 11 is 0. The summed E-state index contributed by atoms with van der Waals surface area (Å²) in [5.74, 6) is 0.416. The van der Waals surface area contributed by atoms with Gasteiger partial charge in [-0.3, -0.25) is 4.79 Å². The van der Waals surface area contributed by atoms with E-state index in [4.69, 9.17) is 4.52 Å². The van der Waals surface area contributed by atoms with Gasteiger partial charge in [-0.2, -0.15) is 4.98 Å². The first-order valence-electron chi connectivity index (χ1n) is 9.56. The molecule has 1 amide bonds. The largest absolute Gasteiger partial charge is 0.508 e. The van der Waals surface area contributed by atoms with Crippen LogP contribution in [0.2, 0.25) is 0 Å². The SMILES string of the molecule is CCN(C(=O)CCc1nc(-c2ccc(C)c(F)c2)no1)C(C)c1cccc(O)c1. The number of phenols is 1. The molecule has 0 aliphatic heterocycles. The number of rotatable bonds is 7. The Morgan fingerprint density at radius 1 is 1.28 bits per heavy atom. The number of halogens is 1. The van der Waals surface area contributed by atoms with Gasteiger partial charge in [-0.05, 0) is 50.1 Å². The average molecular weight is 397 g/mol. The molecule has 6 nitrogen and oxygen atoms in total. The fourth-order valence-electron chi connectivity index (χ4n) is 3.19. The van der Waals surface area contributed by atoms with Gasteiger partial charge < -0.3 is 14.5 Å². The van der Waals surface area contributed by atoms with Gasteiger partial charge >= 0.3 is 0 Å². The second-order valence-electron chi connectivity index (χ2n) is 6.93. The van der Waals surface area contributed by atoms with E-state index in [0.717, 1.165) is 5.56 Å². The molecule has 0 saturated carbocycles. The minimum Gasteiger partial charge on any atom is -0.508 e. The highest BCUT2D eigenvalue weighted by Crippen LogP contribution is 2.24. The van der Waals surface area contributed by atoms with Gasteiger partial charge in [0.25, 0.3) is 0 Å². The number of aromatic hydroxyl groups is 1. The predicted molar refractivity (Wildman–Crippen MR) is 107 cm³/mol. The maximum absolute atomic E-state index is 13.7. The molecule has 0 aliphatic carbocycles. The molecule has 1 N–H and O–H groups in total. The van der Waals surface area contributed by atoms with Crippen LogP contribution in [0.5, 0.6) is 5.75 Å². The minimum absolute atomic E-state index is 0.0514. The molecule has 0 bridgehead atoms. The normalized spacial score (nSPS) is 12.0. The molecule has 0 radical (unpaired) electrons. The quantitative estimate of drug-likeness (QED) is 0.638. The number of benzene rings is 2. The number of amides is 1. The van der Waals surface area contributed by atoms with Crippen molar-refractivity contribution >= 4 is 5.91 Å². The summed E-state index contributed by atoms with van der Waals surface area (Å²) in [5, 5.41) is 13.6. The van der Waals surface area contributed by atoms with Crippen LogP contribution in [0.15, 0.2) is 47.0 Å². The van der Waals surface area contributed by atoms with Gasteiger partial charge in [-0.1, -0.05) is 29.4 Å². The molecule has 1 aromatic heterocycles. The zero-order valence-electron chi connectivity index (χ0n) is 16.7. The van der Waals surface area contributed by atoms with Crippen LogP contribution in [0, 0.1) is 12.7 Å². The van der Waals surface area contributed by atoms with E-state index in [9.17, 15) is 14.3 Å². The van der Waals surface area contributed by atoms with Crippen LogP contribution in [-0.2, 0) is 11.2 Å². The van der Waals surface area contributed by atoms with Crippen molar-refractivity contribution in [1.29, 1.82) is 0 Å². The van der Waals surface area contributed by atoms with Gasteiger partial charge in [0.2, 0.25) is 17.6 Å². The third-order valence-electron chi connectivity index (χ3n) is 4.93. The van der Waals surface area contributed by atoms with Crippen LogP contribution in [0.25, 0.3) is 11.4 Å². The molecule has 1 atom stereocenters. The fraction of sp³-hybridized carbons (Fsp3) is 0.318. The van der Waals surface area contributed by atoms with Crippen molar-refractivity contribution in [2.75, 3.05) is 6.54 Å². The van der Waals surface area contributed by atoms with Crippen LogP contribution in [0.1, 0.15) is 43.3 Å². The number of carbonyl (C=O) groups excluding carboxylic acids is 1. The molecular weight excluding hydrogens is 373 g/mol. The highest BCUT2D eigenvalue weighted by molar-refractivity contribution is 5.76. The van der Waals surface area contributed by atoms with Crippen LogP contribution >= 0.6 is 0 Å².